The van der Waals surface area contributed by atoms with Crippen LogP contribution in [0.2, 0.25) is 0 Å². The lowest BCUT2D eigenvalue weighted by atomic mass is 9.62. The van der Waals surface area contributed by atoms with Gasteiger partial charge in [0.05, 0.1) is 11.2 Å². The van der Waals surface area contributed by atoms with Gasteiger partial charge in [-0.15, -0.1) is 0 Å². The number of methoxy groups -OCH3 is 1. The first kappa shape index (κ1) is 19.9. The van der Waals surface area contributed by atoms with Crippen LogP contribution in [0.1, 0.15) is 76.3 Å². The highest BCUT2D eigenvalue weighted by Gasteiger charge is 2.53. The second kappa shape index (κ2) is 6.84. The van der Waals surface area contributed by atoms with Gasteiger partial charge >= 0.3 is 0 Å². The fraction of sp³-hybridized carbons (Fsp3) is 0.708. The Morgan fingerprint density at radius 3 is 2.36 bits per heavy atom. The molecule has 4 rings (SSSR count). The zero-order valence-electron chi connectivity index (χ0n) is 17.8. The number of aliphatic hydroxyl groups is 1. The summed E-state index contributed by atoms with van der Waals surface area (Å²) in [6.07, 6.45) is 5.50. The summed E-state index contributed by atoms with van der Waals surface area (Å²) < 4.78 is 6.12. The Labute approximate surface area is 169 Å². The largest absolute Gasteiger partial charge is 0.390 e. The molecule has 154 valence electrons. The second-order valence-electron chi connectivity index (χ2n) is 10.3. The van der Waals surface area contributed by atoms with Gasteiger partial charge in [0.1, 0.15) is 0 Å². The van der Waals surface area contributed by atoms with Gasteiger partial charge < -0.3 is 14.7 Å². The number of rotatable bonds is 4. The van der Waals surface area contributed by atoms with Gasteiger partial charge in [0.15, 0.2) is 0 Å². The molecule has 1 heterocycles. The van der Waals surface area contributed by atoms with Gasteiger partial charge in [0.2, 0.25) is 5.91 Å². The fourth-order valence-electron chi connectivity index (χ4n) is 5.65. The van der Waals surface area contributed by atoms with Crippen LogP contribution in [0.3, 0.4) is 0 Å². The van der Waals surface area contributed by atoms with E-state index in [4.69, 9.17) is 4.74 Å². The van der Waals surface area contributed by atoms with Crippen molar-refractivity contribution in [1.29, 1.82) is 0 Å². The Bertz CT molecular complexity index is 730. The lowest BCUT2D eigenvalue weighted by Gasteiger charge is -2.57. The first-order valence-electron chi connectivity index (χ1n) is 10.8. The molecule has 0 radical (unpaired) electrons. The molecule has 0 atom stereocenters. The lowest BCUT2D eigenvalue weighted by molar-refractivity contribution is -0.168. The van der Waals surface area contributed by atoms with Crippen molar-refractivity contribution in [2.75, 3.05) is 20.2 Å². The SMILES string of the molecule is COC1(c2cccc(C(C)C)c2)CCC2(CC1)CN(C(=O)[C@H]1C[C@@](C)(O)C1)C2. The number of hydrogen-bond acceptors (Lipinski definition) is 3. The Kier molecular flexibility index (Phi) is 4.86. The summed E-state index contributed by atoms with van der Waals surface area (Å²) in [5, 5.41) is 9.91. The first-order valence-corrected chi connectivity index (χ1v) is 10.8. The highest BCUT2D eigenvalue weighted by Crippen LogP contribution is 2.52. The zero-order valence-corrected chi connectivity index (χ0v) is 17.8. The van der Waals surface area contributed by atoms with E-state index in [-0.39, 0.29) is 22.8 Å². The quantitative estimate of drug-likeness (QED) is 0.844. The smallest absolute Gasteiger partial charge is 0.225 e. The normalized spacial score (nSPS) is 30.8. The van der Waals surface area contributed by atoms with Crippen LogP contribution in [-0.4, -0.2) is 41.7 Å². The van der Waals surface area contributed by atoms with Crippen molar-refractivity contribution in [3.63, 3.8) is 0 Å². The molecule has 0 unspecified atom stereocenters. The first-order chi connectivity index (χ1) is 13.2. The molecule has 1 spiro atoms. The molecular weight excluding hydrogens is 350 g/mol. The van der Waals surface area contributed by atoms with Crippen LogP contribution in [0.5, 0.6) is 0 Å². The highest BCUT2D eigenvalue weighted by atomic mass is 16.5. The van der Waals surface area contributed by atoms with Crippen LogP contribution in [-0.2, 0) is 15.1 Å². The number of hydrogen-bond donors (Lipinski definition) is 1. The fourth-order valence-corrected chi connectivity index (χ4v) is 5.65. The average Bonchev–Trinajstić information content (AvgIpc) is 2.63. The third kappa shape index (κ3) is 3.39. The van der Waals surface area contributed by atoms with Crippen LogP contribution in [0.25, 0.3) is 0 Å². The third-order valence-electron chi connectivity index (χ3n) is 7.67. The van der Waals surface area contributed by atoms with Gasteiger partial charge in [0.25, 0.3) is 0 Å². The minimum atomic E-state index is -0.629. The van der Waals surface area contributed by atoms with E-state index in [1.54, 1.807) is 0 Å². The van der Waals surface area contributed by atoms with Crippen molar-refractivity contribution in [2.24, 2.45) is 11.3 Å². The minimum absolute atomic E-state index is 0.0350. The van der Waals surface area contributed by atoms with Gasteiger partial charge in [-0.05, 0) is 62.5 Å². The van der Waals surface area contributed by atoms with Crippen molar-refractivity contribution in [2.45, 2.75) is 76.4 Å². The van der Waals surface area contributed by atoms with E-state index in [0.717, 1.165) is 38.8 Å². The maximum Gasteiger partial charge on any atom is 0.225 e. The standard InChI is InChI=1S/C24H35NO3/c1-17(2)18-6-5-7-20(12-18)24(28-4)10-8-23(9-11-24)15-25(16-23)21(26)19-13-22(3,27)14-19/h5-7,12,17,19,27H,8-11,13-16H2,1-4H3/t19-,22+. The molecule has 1 aliphatic heterocycles. The molecule has 0 bridgehead atoms. The second-order valence-corrected chi connectivity index (χ2v) is 10.3. The molecule has 2 saturated carbocycles. The number of ether oxygens (including phenoxy) is 1. The molecule has 1 saturated heterocycles. The molecule has 28 heavy (non-hydrogen) atoms. The Balaban J connectivity index is 1.38. The van der Waals surface area contributed by atoms with Crippen LogP contribution in [0.4, 0.5) is 0 Å². The predicted molar refractivity (Wildman–Crippen MR) is 110 cm³/mol. The number of carbonyl (C=O) groups is 1. The summed E-state index contributed by atoms with van der Waals surface area (Å²) in [6, 6.07) is 8.90. The van der Waals surface area contributed by atoms with Crippen molar-refractivity contribution < 1.29 is 14.6 Å². The summed E-state index contributed by atoms with van der Waals surface area (Å²) in [4.78, 5) is 14.6. The Morgan fingerprint density at radius 1 is 1.18 bits per heavy atom. The van der Waals surface area contributed by atoms with Crippen molar-refractivity contribution in [1.82, 2.24) is 4.90 Å². The number of likely N-dealkylation sites (tertiary alicyclic amines) is 1. The summed E-state index contributed by atoms with van der Waals surface area (Å²) in [7, 11) is 1.85. The molecule has 4 heteroatoms. The maximum absolute atomic E-state index is 12.6. The van der Waals surface area contributed by atoms with Gasteiger partial charge in [0, 0.05) is 31.5 Å². The number of amides is 1. The van der Waals surface area contributed by atoms with Crippen LogP contribution in [0.15, 0.2) is 24.3 Å². The van der Waals surface area contributed by atoms with Crippen molar-refractivity contribution >= 4 is 5.91 Å². The number of nitrogens with zero attached hydrogens (tertiary/aromatic N) is 1. The van der Waals surface area contributed by atoms with Gasteiger partial charge in [-0.3, -0.25) is 4.79 Å². The zero-order chi connectivity index (χ0) is 20.2. The average molecular weight is 386 g/mol. The Hall–Kier alpha value is -1.39. The molecule has 2 aliphatic carbocycles. The highest BCUT2D eigenvalue weighted by molar-refractivity contribution is 5.81. The molecule has 1 N–H and O–H groups in total. The van der Waals surface area contributed by atoms with Crippen LogP contribution in [0, 0.1) is 11.3 Å². The maximum atomic E-state index is 12.6. The minimum Gasteiger partial charge on any atom is -0.390 e. The summed E-state index contributed by atoms with van der Waals surface area (Å²) in [6.45, 7) is 8.06. The molecule has 1 aromatic carbocycles. The number of carbonyl (C=O) groups excluding carboxylic acids is 1. The molecular formula is C24H35NO3. The molecule has 1 aromatic rings. The topological polar surface area (TPSA) is 49.8 Å². The van der Waals surface area contributed by atoms with Gasteiger partial charge in [-0.25, -0.2) is 0 Å². The van der Waals surface area contributed by atoms with Crippen LogP contribution >= 0.6 is 0 Å². The Morgan fingerprint density at radius 2 is 1.82 bits per heavy atom. The van der Waals surface area contributed by atoms with Crippen molar-refractivity contribution in [3.8, 4) is 0 Å². The molecule has 0 aromatic heterocycles. The molecule has 1 amide bonds. The number of benzene rings is 1. The van der Waals surface area contributed by atoms with E-state index >= 15 is 0 Å². The van der Waals surface area contributed by atoms with Crippen LogP contribution < -0.4 is 0 Å². The molecule has 4 nitrogen and oxygen atoms in total. The predicted octanol–water partition coefficient (Wildman–Crippen LogP) is 4.22. The van der Waals surface area contributed by atoms with Gasteiger partial charge in [-0.1, -0.05) is 38.1 Å². The van der Waals surface area contributed by atoms with Crippen molar-refractivity contribution in [3.05, 3.63) is 35.4 Å². The third-order valence-corrected chi connectivity index (χ3v) is 7.67. The monoisotopic (exact) mass is 385 g/mol. The molecule has 3 fully saturated rings. The van der Waals surface area contributed by atoms with E-state index in [0.29, 0.717) is 18.8 Å². The van der Waals surface area contributed by atoms with E-state index in [2.05, 4.69) is 38.1 Å². The lowest BCUT2D eigenvalue weighted by Crippen LogP contribution is -2.63. The van der Waals surface area contributed by atoms with Gasteiger partial charge in [-0.2, -0.15) is 0 Å². The summed E-state index contributed by atoms with van der Waals surface area (Å²) >= 11 is 0. The van der Waals surface area contributed by atoms with E-state index in [9.17, 15) is 9.90 Å². The van der Waals surface area contributed by atoms with E-state index in [1.807, 2.05) is 18.9 Å². The molecule has 3 aliphatic rings. The van der Waals surface area contributed by atoms with E-state index in [1.165, 1.54) is 11.1 Å². The van der Waals surface area contributed by atoms with E-state index < -0.39 is 5.60 Å². The summed E-state index contributed by atoms with van der Waals surface area (Å²) in [5.74, 6) is 0.806. The summed E-state index contributed by atoms with van der Waals surface area (Å²) in [5.41, 5.74) is 2.13.